The largest absolute Gasteiger partial charge is 0.126 e. The molecular weight excluding hydrogens is 304 g/mol. The van der Waals surface area contributed by atoms with E-state index in [0.717, 1.165) is 11.1 Å². The maximum atomic E-state index is 3.62. The van der Waals surface area contributed by atoms with E-state index in [1.54, 1.807) is 0 Å². The highest BCUT2D eigenvalue weighted by Crippen LogP contribution is 2.27. The smallest absolute Gasteiger partial charge is 0.0108 e. The highest BCUT2D eigenvalue weighted by atomic mass is 79.9. The molecular formula is C16H17BrS. The Morgan fingerprint density at radius 2 is 1.67 bits per heavy atom. The summed E-state index contributed by atoms with van der Waals surface area (Å²) in [5.41, 5.74) is 2.73. The summed E-state index contributed by atoms with van der Waals surface area (Å²) in [5, 5.41) is 1.01. The minimum atomic E-state index is 0.567. The van der Waals surface area contributed by atoms with E-state index in [4.69, 9.17) is 0 Å². The van der Waals surface area contributed by atoms with Crippen molar-refractivity contribution >= 4 is 27.7 Å². The molecule has 2 heteroatoms. The first-order valence-corrected chi connectivity index (χ1v) is 8.20. The van der Waals surface area contributed by atoms with Gasteiger partial charge in [0.05, 0.1) is 0 Å². The van der Waals surface area contributed by atoms with Crippen LogP contribution in [0.3, 0.4) is 0 Å². The summed E-state index contributed by atoms with van der Waals surface area (Å²) in [6, 6.07) is 19.5. The van der Waals surface area contributed by atoms with Crippen LogP contribution in [-0.4, -0.2) is 11.1 Å². The van der Waals surface area contributed by atoms with Gasteiger partial charge in [-0.15, -0.1) is 11.8 Å². The van der Waals surface area contributed by atoms with Crippen LogP contribution in [0.1, 0.15) is 17.0 Å². The zero-order valence-electron chi connectivity index (χ0n) is 10.5. The molecule has 0 heterocycles. The third-order valence-corrected chi connectivity index (χ3v) is 4.89. The van der Waals surface area contributed by atoms with Gasteiger partial charge in [-0.25, -0.2) is 0 Å². The second-order valence-electron chi connectivity index (χ2n) is 4.39. The average molecular weight is 321 g/mol. The van der Waals surface area contributed by atoms with E-state index in [1.165, 1.54) is 16.0 Å². The van der Waals surface area contributed by atoms with Gasteiger partial charge in [-0.3, -0.25) is 0 Å². The van der Waals surface area contributed by atoms with Crippen molar-refractivity contribution in [3.05, 3.63) is 65.7 Å². The van der Waals surface area contributed by atoms with E-state index in [9.17, 15) is 0 Å². The second kappa shape index (κ2) is 7.01. The summed E-state index contributed by atoms with van der Waals surface area (Å²) < 4.78 is 0. The van der Waals surface area contributed by atoms with Gasteiger partial charge in [-0.1, -0.05) is 64.0 Å². The Balaban J connectivity index is 1.97. The van der Waals surface area contributed by atoms with Crippen molar-refractivity contribution in [1.29, 1.82) is 0 Å². The molecule has 0 aliphatic heterocycles. The molecule has 0 aromatic heterocycles. The molecule has 1 unspecified atom stereocenters. The minimum Gasteiger partial charge on any atom is -0.126 e. The predicted molar refractivity (Wildman–Crippen MR) is 84.9 cm³/mol. The van der Waals surface area contributed by atoms with Gasteiger partial charge < -0.3 is 0 Å². The van der Waals surface area contributed by atoms with E-state index in [1.807, 2.05) is 11.8 Å². The SMILES string of the molecule is Cc1ccc(SCC(CBr)c2ccccc2)cc1. The van der Waals surface area contributed by atoms with Crippen molar-refractivity contribution in [2.45, 2.75) is 17.7 Å². The fraction of sp³-hybridized carbons (Fsp3) is 0.250. The minimum absolute atomic E-state index is 0.567. The van der Waals surface area contributed by atoms with Crippen LogP contribution in [0, 0.1) is 6.92 Å². The maximum Gasteiger partial charge on any atom is 0.0108 e. The molecule has 0 N–H and O–H groups in total. The number of hydrogen-bond acceptors (Lipinski definition) is 1. The number of hydrogen-bond donors (Lipinski definition) is 0. The lowest BCUT2D eigenvalue weighted by molar-refractivity contribution is 0.902. The molecule has 0 aliphatic carbocycles. The number of aryl methyl sites for hydroxylation is 1. The molecule has 18 heavy (non-hydrogen) atoms. The van der Waals surface area contributed by atoms with Crippen molar-refractivity contribution < 1.29 is 0 Å². The van der Waals surface area contributed by atoms with Crippen LogP contribution in [0.2, 0.25) is 0 Å². The standard InChI is InChI=1S/C16H17BrS/c1-13-7-9-16(10-8-13)18-12-15(11-17)14-5-3-2-4-6-14/h2-10,15H,11-12H2,1H3. The highest BCUT2D eigenvalue weighted by molar-refractivity contribution is 9.09. The van der Waals surface area contributed by atoms with Crippen LogP contribution in [0.5, 0.6) is 0 Å². The van der Waals surface area contributed by atoms with Gasteiger partial charge in [0, 0.05) is 21.9 Å². The average Bonchev–Trinajstić information content (AvgIpc) is 2.43. The molecule has 0 fully saturated rings. The van der Waals surface area contributed by atoms with Gasteiger partial charge in [0.25, 0.3) is 0 Å². The number of halogens is 1. The summed E-state index contributed by atoms with van der Waals surface area (Å²) in [6.45, 7) is 2.12. The van der Waals surface area contributed by atoms with E-state index in [-0.39, 0.29) is 0 Å². The lowest BCUT2D eigenvalue weighted by Gasteiger charge is -2.14. The normalized spacial score (nSPS) is 12.3. The fourth-order valence-electron chi connectivity index (χ4n) is 1.79. The van der Waals surface area contributed by atoms with Gasteiger partial charge in [-0.05, 0) is 24.6 Å². The molecule has 0 saturated heterocycles. The van der Waals surface area contributed by atoms with E-state index >= 15 is 0 Å². The van der Waals surface area contributed by atoms with Crippen LogP contribution in [0.15, 0.2) is 59.5 Å². The predicted octanol–water partition coefficient (Wildman–Crippen LogP) is 5.27. The lowest BCUT2D eigenvalue weighted by atomic mass is 10.0. The molecule has 0 aliphatic rings. The Bertz CT molecular complexity index is 464. The molecule has 0 nitrogen and oxygen atoms in total. The van der Waals surface area contributed by atoms with E-state index < -0.39 is 0 Å². The molecule has 0 spiro atoms. The van der Waals surface area contributed by atoms with Gasteiger partial charge in [-0.2, -0.15) is 0 Å². The van der Waals surface area contributed by atoms with Crippen LogP contribution >= 0.6 is 27.7 Å². The first-order chi connectivity index (χ1) is 8.79. The second-order valence-corrected chi connectivity index (χ2v) is 6.13. The van der Waals surface area contributed by atoms with Gasteiger partial charge >= 0.3 is 0 Å². The molecule has 2 aromatic carbocycles. The zero-order valence-corrected chi connectivity index (χ0v) is 12.9. The van der Waals surface area contributed by atoms with Gasteiger partial charge in [0.1, 0.15) is 0 Å². The van der Waals surface area contributed by atoms with Crippen LogP contribution in [-0.2, 0) is 0 Å². The van der Waals surface area contributed by atoms with Crippen molar-refractivity contribution in [1.82, 2.24) is 0 Å². The Morgan fingerprint density at radius 3 is 2.28 bits per heavy atom. The molecule has 94 valence electrons. The number of alkyl halides is 1. The fourth-order valence-corrected chi connectivity index (χ4v) is 3.72. The van der Waals surface area contributed by atoms with Crippen molar-refractivity contribution in [2.24, 2.45) is 0 Å². The maximum absolute atomic E-state index is 3.62. The molecule has 0 saturated carbocycles. The molecule has 0 amide bonds. The first-order valence-electron chi connectivity index (χ1n) is 6.10. The van der Waals surface area contributed by atoms with Crippen molar-refractivity contribution in [3.8, 4) is 0 Å². The Morgan fingerprint density at radius 1 is 1.00 bits per heavy atom. The summed E-state index contributed by atoms with van der Waals surface area (Å²) in [4.78, 5) is 1.35. The molecule has 0 bridgehead atoms. The Labute approximate surface area is 122 Å². The Kier molecular flexibility index (Phi) is 5.33. The quantitative estimate of drug-likeness (QED) is 0.534. The summed E-state index contributed by atoms with van der Waals surface area (Å²) in [6.07, 6.45) is 0. The van der Waals surface area contributed by atoms with E-state index in [2.05, 4.69) is 77.5 Å². The highest BCUT2D eigenvalue weighted by Gasteiger charge is 2.10. The summed E-state index contributed by atoms with van der Waals surface area (Å²) in [5.74, 6) is 1.68. The number of rotatable bonds is 5. The van der Waals surface area contributed by atoms with Crippen LogP contribution < -0.4 is 0 Å². The number of benzene rings is 2. The summed E-state index contributed by atoms with van der Waals surface area (Å²) >= 11 is 5.55. The van der Waals surface area contributed by atoms with Crippen molar-refractivity contribution in [2.75, 3.05) is 11.1 Å². The zero-order chi connectivity index (χ0) is 12.8. The molecule has 2 rings (SSSR count). The topological polar surface area (TPSA) is 0 Å². The monoisotopic (exact) mass is 320 g/mol. The van der Waals surface area contributed by atoms with Crippen LogP contribution in [0.4, 0.5) is 0 Å². The molecule has 2 aromatic rings. The lowest BCUT2D eigenvalue weighted by Crippen LogP contribution is -2.03. The molecule has 0 radical (unpaired) electrons. The number of thioether (sulfide) groups is 1. The van der Waals surface area contributed by atoms with Crippen LogP contribution in [0.25, 0.3) is 0 Å². The van der Waals surface area contributed by atoms with Crippen molar-refractivity contribution in [3.63, 3.8) is 0 Å². The van der Waals surface area contributed by atoms with E-state index in [0.29, 0.717) is 5.92 Å². The van der Waals surface area contributed by atoms with Gasteiger partial charge in [0.15, 0.2) is 0 Å². The third kappa shape index (κ3) is 3.89. The van der Waals surface area contributed by atoms with Gasteiger partial charge in [0.2, 0.25) is 0 Å². The Hall–Kier alpha value is -0.730. The first kappa shape index (κ1) is 13.7. The molecule has 1 atom stereocenters. The third-order valence-electron chi connectivity index (χ3n) is 2.93. The summed E-state index contributed by atoms with van der Waals surface area (Å²) in [7, 11) is 0.